The van der Waals surface area contributed by atoms with E-state index in [0.29, 0.717) is 18.8 Å². The van der Waals surface area contributed by atoms with Crippen LogP contribution in [0.5, 0.6) is 0 Å². The lowest BCUT2D eigenvalue weighted by atomic mass is 10.2. The van der Waals surface area contributed by atoms with E-state index in [4.69, 9.17) is 0 Å². The molecule has 0 aliphatic carbocycles. The summed E-state index contributed by atoms with van der Waals surface area (Å²) in [6, 6.07) is 15.2. The van der Waals surface area contributed by atoms with Gasteiger partial charge in [0.2, 0.25) is 5.91 Å². The lowest BCUT2D eigenvalue weighted by Gasteiger charge is -2.28. The molecular formula is C21H24FN3O2. The molecule has 27 heavy (non-hydrogen) atoms. The summed E-state index contributed by atoms with van der Waals surface area (Å²) in [4.78, 5) is 28.3. The van der Waals surface area contributed by atoms with Gasteiger partial charge in [-0.2, -0.15) is 0 Å². The Morgan fingerprint density at radius 3 is 2.63 bits per heavy atom. The van der Waals surface area contributed by atoms with Crippen LogP contribution in [0.15, 0.2) is 54.6 Å². The third-order valence-electron chi connectivity index (χ3n) is 4.65. The molecule has 0 radical (unpaired) electrons. The average molecular weight is 369 g/mol. The molecular weight excluding hydrogens is 345 g/mol. The van der Waals surface area contributed by atoms with Crippen molar-refractivity contribution >= 4 is 17.6 Å². The quantitative estimate of drug-likeness (QED) is 0.876. The van der Waals surface area contributed by atoms with Gasteiger partial charge in [0.15, 0.2) is 0 Å². The van der Waals surface area contributed by atoms with Crippen LogP contribution in [0.1, 0.15) is 25.8 Å². The lowest BCUT2D eigenvalue weighted by Crippen LogP contribution is -2.48. The van der Waals surface area contributed by atoms with Gasteiger partial charge < -0.3 is 15.1 Å². The fourth-order valence-corrected chi connectivity index (χ4v) is 3.22. The van der Waals surface area contributed by atoms with E-state index in [1.807, 2.05) is 44.2 Å². The van der Waals surface area contributed by atoms with Gasteiger partial charge in [-0.05, 0) is 37.6 Å². The summed E-state index contributed by atoms with van der Waals surface area (Å²) in [5, 5.41) is 2.96. The van der Waals surface area contributed by atoms with Crippen molar-refractivity contribution in [3.63, 3.8) is 0 Å². The van der Waals surface area contributed by atoms with Crippen LogP contribution in [0.3, 0.4) is 0 Å². The third kappa shape index (κ3) is 4.64. The summed E-state index contributed by atoms with van der Waals surface area (Å²) >= 11 is 0. The molecule has 3 rings (SSSR count). The molecule has 6 heteroatoms. The second-order valence-corrected chi connectivity index (χ2v) is 7.04. The van der Waals surface area contributed by atoms with Crippen molar-refractivity contribution in [1.29, 1.82) is 0 Å². The fourth-order valence-electron chi connectivity index (χ4n) is 3.22. The molecule has 1 N–H and O–H groups in total. The summed E-state index contributed by atoms with van der Waals surface area (Å²) in [5.41, 5.74) is 1.56. The first-order valence-electron chi connectivity index (χ1n) is 9.11. The van der Waals surface area contributed by atoms with E-state index in [1.165, 1.54) is 17.0 Å². The molecule has 0 bridgehead atoms. The zero-order valence-corrected chi connectivity index (χ0v) is 15.6. The van der Waals surface area contributed by atoms with E-state index in [2.05, 4.69) is 5.32 Å². The van der Waals surface area contributed by atoms with Gasteiger partial charge in [0.05, 0.1) is 6.04 Å². The zero-order chi connectivity index (χ0) is 19.4. The predicted molar refractivity (Wildman–Crippen MR) is 103 cm³/mol. The maximum atomic E-state index is 13.4. The van der Waals surface area contributed by atoms with Crippen molar-refractivity contribution in [2.75, 3.05) is 11.4 Å². The number of hydrogen-bond donors (Lipinski definition) is 1. The Morgan fingerprint density at radius 2 is 1.96 bits per heavy atom. The minimum Gasteiger partial charge on any atom is -0.333 e. The molecule has 0 aromatic heterocycles. The van der Waals surface area contributed by atoms with E-state index in [-0.39, 0.29) is 36.3 Å². The number of anilines is 1. The Hall–Kier alpha value is -2.89. The minimum absolute atomic E-state index is 0.0154. The maximum Gasteiger partial charge on any atom is 0.318 e. The van der Waals surface area contributed by atoms with Crippen LogP contribution in [0.25, 0.3) is 0 Å². The highest BCUT2D eigenvalue weighted by molar-refractivity contribution is 5.96. The Bertz CT molecular complexity index is 810. The van der Waals surface area contributed by atoms with Gasteiger partial charge in [-0.3, -0.25) is 4.79 Å². The van der Waals surface area contributed by atoms with E-state index < -0.39 is 0 Å². The van der Waals surface area contributed by atoms with Crippen LogP contribution in [-0.4, -0.2) is 35.5 Å². The zero-order valence-electron chi connectivity index (χ0n) is 15.6. The molecule has 1 fully saturated rings. The molecule has 2 aromatic rings. The first kappa shape index (κ1) is 18.9. The Morgan fingerprint density at radius 1 is 1.22 bits per heavy atom. The first-order chi connectivity index (χ1) is 12.9. The van der Waals surface area contributed by atoms with Gasteiger partial charge in [0.1, 0.15) is 5.82 Å². The highest BCUT2D eigenvalue weighted by Crippen LogP contribution is 2.22. The molecule has 2 aromatic carbocycles. The van der Waals surface area contributed by atoms with Crippen LogP contribution < -0.4 is 10.2 Å². The smallest absolute Gasteiger partial charge is 0.318 e. The highest BCUT2D eigenvalue weighted by Gasteiger charge is 2.33. The molecule has 1 atom stereocenters. The number of amides is 3. The van der Waals surface area contributed by atoms with E-state index in [0.717, 1.165) is 5.56 Å². The number of hydrogen-bond acceptors (Lipinski definition) is 2. The molecule has 3 amide bonds. The summed E-state index contributed by atoms with van der Waals surface area (Å²) in [6.07, 6.45) is 0.208. The Balaban J connectivity index is 1.65. The van der Waals surface area contributed by atoms with Crippen molar-refractivity contribution in [1.82, 2.24) is 10.2 Å². The topological polar surface area (TPSA) is 52.7 Å². The van der Waals surface area contributed by atoms with E-state index in [1.54, 1.807) is 17.0 Å². The second-order valence-electron chi connectivity index (χ2n) is 7.04. The van der Waals surface area contributed by atoms with Crippen molar-refractivity contribution < 1.29 is 14.0 Å². The van der Waals surface area contributed by atoms with Crippen LogP contribution in [0.2, 0.25) is 0 Å². The largest absolute Gasteiger partial charge is 0.333 e. The number of nitrogens with one attached hydrogen (secondary N) is 1. The lowest BCUT2D eigenvalue weighted by molar-refractivity contribution is -0.117. The summed E-state index contributed by atoms with van der Waals surface area (Å²) in [5.74, 6) is -0.508. The van der Waals surface area contributed by atoms with E-state index in [9.17, 15) is 14.0 Å². The summed E-state index contributed by atoms with van der Waals surface area (Å²) in [6.45, 7) is 4.76. The van der Waals surface area contributed by atoms with Crippen molar-refractivity contribution in [2.24, 2.45) is 0 Å². The maximum absolute atomic E-state index is 13.4. The van der Waals surface area contributed by atoms with Gasteiger partial charge in [-0.25, -0.2) is 9.18 Å². The average Bonchev–Trinajstić information content (AvgIpc) is 3.00. The van der Waals surface area contributed by atoms with E-state index >= 15 is 0 Å². The van der Waals surface area contributed by atoms with Gasteiger partial charge in [-0.1, -0.05) is 36.4 Å². The predicted octanol–water partition coefficient (Wildman–Crippen LogP) is 3.55. The SMILES string of the molecule is CC(C)N(Cc1ccccc1)C(=O)N[C@@H]1CC(=O)N(c2cccc(F)c2)C1. The molecule has 0 unspecified atom stereocenters. The molecule has 0 spiro atoms. The number of carbonyl (C=O) groups is 2. The van der Waals surface area contributed by atoms with Crippen molar-refractivity contribution in [3.05, 3.63) is 66.0 Å². The number of halogens is 1. The number of nitrogens with zero attached hydrogens (tertiary/aromatic N) is 2. The molecule has 1 saturated heterocycles. The third-order valence-corrected chi connectivity index (χ3v) is 4.65. The molecule has 142 valence electrons. The van der Waals surface area contributed by atoms with Crippen molar-refractivity contribution in [2.45, 2.75) is 38.9 Å². The minimum atomic E-state index is -0.387. The molecule has 1 aliphatic heterocycles. The Kier molecular flexibility index (Phi) is 5.74. The molecule has 5 nitrogen and oxygen atoms in total. The second kappa shape index (κ2) is 8.20. The number of carbonyl (C=O) groups excluding carboxylic acids is 2. The monoisotopic (exact) mass is 369 g/mol. The molecule has 1 aliphatic rings. The summed E-state index contributed by atoms with van der Waals surface area (Å²) < 4.78 is 13.4. The van der Waals surface area contributed by atoms with Gasteiger partial charge in [0.25, 0.3) is 0 Å². The normalized spacial score (nSPS) is 16.7. The highest BCUT2D eigenvalue weighted by atomic mass is 19.1. The van der Waals surface area contributed by atoms with Gasteiger partial charge in [-0.15, -0.1) is 0 Å². The van der Waals surface area contributed by atoms with Crippen LogP contribution in [0.4, 0.5) is 14.9 Å². The van der Waals surface area contributed by atoms with Gasteiger partial charge in [0, 0.05) is 31.2 Å². The van der Waals surface area contributed by atoms with Crippen LogP contribution in [0, 0.1) is 5.82 Å². The molecule has 0 saturated carbocycles. The summed E-state index contributed by atoms with van der Waals surface area (Å²) in [7, 11) is 0. The number of rotatable bonds is 5. The fraction of sp³-hybridized carbons (Fsp3) is 0.333. The first-order valence-corrected chi connectivity index (χ1v) is 9.11. The van der Waals surface area contributed by atoms with Crippen LogP contribution in [-0.2, 0) is 11.3 Å². The molecule has 1 heterocycles. The van der Waals surface area contributed by atoms with Gasteiger partial charge >= 0.3 is 6.03 Å². The van der Waals surface area contributed by atoms with Crippen LogP contribution >= 0.6 is 0 Å². The van der Waals surface area contributed by atoms with Crippen molar-refractivity contribution in [3.8, 4) is 0 Å². The number of benzene rings is 2. The number of urea groups is 1. The Labute approximate surface area is 158 Å². The standard InChI is InChI=1S/C21H24FN3O2/c1-15(2)24(13-16-7-4-3-5-8-16)21(27)23-18-12-20(26)25(14-18)19-10-6-9-17(22)11-19/h3-11,15,18H,12-14H2,1-2H3,(H,23,27)/t18-/m1/s1.